The van der Waals surface area contributed by atoms with Crippen LogP contribution in [0.15, 0.2) is 78.9 Å². The van der Waals surface area contributed by atoms with Crippen molar-refractivity contribution >= 4 is 50.7 Å². The van der Waals surface area contributed by atoms with Gasteiger partial charge < -0.3 is 10.2 Å². The van der Waals surface area contributed by atoms with Crippen LogP contribution in [-0.2, 0) is 32.6 Å². The Hall–Kier alpha value is -3.07. The first-order valence-electron chi connectivity index (χ1n) is 12.7. The van der Waals surface area contributed by atoms with Crippen LogP contribution in [-0.4, -0.2) is 50.5 Å². The van der Waals surface area contributed by atoms with E-state index in [0.29, 0.717) is 27.8 Å². The summed E-state index contributed by atoms with van der Waals surface area (Å²) in [5.41, 5.74) is 1.79. The van der Waals surface area contributed by atoms with Crippen LogP contribution < -0.4 is 9.62 Å². The highest BCUT2D eigenvalue weighted by atomic mass is 35.5. The highest BCUT2D eigenvalue weighted by Gasteiger charge is 2.33. The van der Waals surface area contributed by atoms with Gasteiger partial charge in [0, 0.05) is 29.6 Å². The zero-order valence-corrected chi connectivity index (χ0v) is 24.3. The van der Waals surface area contributed by atoms with Crippen molar-refractivity contribution in [3.63, 3.8) is 0 Å². The Bertz CT molecular complexity index is 1360. The molecule has 0 fully saturated rings. The average molecular weight is 591 g/mol. The van der Waals surface area contributed by atoms with E-state index in [2.05, 4.69) is 5.32 Å². The lowest BCUT2D eigenvalue weighted by atomic mass is 10.0. The number of amides is 2. The fourth-order valence-electron chi connectivity index (χ4n) is 4.10. The summed E-state index contributed by atoms with van der Waals surface area (Å²) in [5, 5.41) is 3.72. The maximum atomic E-state index is 14.0. The predicted molar refractivity (Wildman–Crippen MR) is 157 cm³/mol. The zero-order valence-electron chi connectivity index (χ0n) is 22.0. The average Bonchev–Trinajstić information content (AvgIpc) is 2.90. The second kappa shape index (κ2) is 14.4. The van der Waals surface area contributed by atoms with Gasteiger partial charge in [0.15, 0.2) is 0 Å². The Morgan fingerprint density at radius 3 is 2.18 bits per heavy atom. The van der Waals surface area contributed by atoms with Crippen LogP contribution in [0.5, 0.6) is 0 Å². The third-order valence-electron chi connectivity index (χ3n) is 6.18. The molecule has 2 amide bonds. The standard InChI is InChI=1S/C29H33Cl2N3O4S/c1-3-4-17-32-29(36)27(18-22-11-7-5-8-12-22)33(20-23-15-16-24(30)19-26(23)31)28(35)21-34(39(2,37)38)25-13-9-6-10-14-25/h5-16,19,27H,3-4,17-18,20-21H2,1-2H3,(H,32,36)/t27-/m0/s1. The van der Waals surface area contributed by atoms with Gasteiger partial charge in [-0.25, -0.2) is 8.42 Å². The fourth-order valence-corrected chi connectivity index (χ4v) is 5.42. The Labute approximate surface area is 240 Å². The van der Waals surface area contributed by atoms with Crippen molar-refractivity contribution in [1.29, 1.82) is 0 Å². The molecule has 0 aliphatic carbocycles. The molecule has 3 aromatic rings. The summed E-state index contributed by atoms with van der Waals surface area (Å²) in [6.45, 7) is 1.99. The number of hydrogen-bond donors (Lipinski definition) is 1. The summed E-state index contributed by atoms with van der Waals surface area (Å²) >= 11 is 12.6. The third kappa shape index (κ3) is 8.98. The molecule has 0 unspecified atom stereocenters. The molecule has 0 radical (unpaired) electrons. The Morgan fingerprint density at radius 2 is 1.59 bits per heavy atom. The Kier molecular flexibility index (Phi) is 11.2. The number of nitrogens with one attached hydrogen (secondary N) is 1. The minimum atomic E-state index is -3.81. The highest BCUT2D eigenvalue weighted by Crippen LogP contribution is 2.25. The molecule has 0 heterocycles. The van der Waals surface area contributed by atoms with Gasteiger partial charge in [-0.15, -0.1) is 0 Å². The maximum Gasteiger partial charge on any atom is 0.244 e. The number of rotatable bonds is 13. The molecular formula is C29H33Cl2N3O4S. The van der Waals surface area contributed by atoms with Gasteiger partial charge in [-0.3, -0.25) is 13.9 Å². The van der Waals surface area contributed by atoms with Crippen LogP contribution in [0.2, 0.25) is 10.0 Å². The number of unbranched alkanes of at least 4 members (excludes halogenated alkanes) is 1. The van der Waals surface area contributed by atoms with Gasteiger partial charge in [0.25, 0.3) is 0 Å². The number of carbonyl (C=O) groups is 2. The van der Waals surface area contributed by atoms with Crippen molar-refractivity contribution in [2.24, 2.45) is 0 Å². The van der Waals surface area contributed by atoms with Gasteiger partial charge in [-0.2, -0.15) is 0 Å². The van der Waals surface area contributed by atoms with Crippen LogP contribution in [0.4, 0.5) is 5.69 Å². The summed E-state index contributed by atoms with van der Waals surface area (Å²) in [4.78, 5) is 29.0. The lowest BCUT2D eigenvalue weighted by molar-refractivity contribution is -0.140. The van der Waals surface area contributed by atoms with Gasteiger partial charge in [0.2, 0.25) is 21.8 Å². The van der Waals surface area contributed by atoms with E-state index in [1.54, 1.807) is 48.5 Å². The van der Waals surface area contributed by atoms with Crippen molar-refractivity contribution in [2.45, 2.75) is 38.8 Å². The molecule has 0 saturated heterocycles. The molecule has 3 rings (SSSR count). The number of hydrogen-bond acceptors (Lipinski definition) is 4. The van der Waals surface area contributed by atoms with Crippen LogP contribution in [0, 0.1) is 0 Å². The second-order valence-corrected chi connectivity index (χ2v) is 12.0. The molecule has 0 bridgehead atoms. The third-order valence-corrected chi connectivity index (χ3v) is 7.91. The maximum absolute atomic E-state index is 14.0. The molecule has 1 N–H and O–H groups in total. The SMILES string of the molecule is CCCCNC(=O)[C@H](Cc1ccccc1)N(Cc1ccc(Cl)cc1Cl)C(=O)CN(c1ccccc1)S(C)(=O)=O. The number of para-hydroxylation sites is 1. The van der Waals surface area contributed by atoms with Crippen molar-refractivity contribution in [3.05, 3.63) is 100 Å². The molecule has 10 heteroatoms. The largest absolute Gasteiger partial charge is 0.354 e. The minimum absolute atomic E-state index is 0.0140. The van der Waals surface area contributed by atoms with Crippen LogP contribution in [0.3, 0.4) is 0 Å². The quantitative estimate of drug-likeness (QED) is 0.273. The van der Waals surface area contributed by atoms with Gasteiger partial charge in [-0.05, 0) is 41.8 Å². The number of sulfonamides is 1. The van der Waals surface area contributed by atoms with Crippen LogP contribution in [0.1, 0.15) is 30.9 Å². The summed E-state index contributed by atoms with van der Waals surface area (Å²) < 4.78 is 26.5. The molecule has 0 spiro atoms. The molecule has 1 atom stereocenters. The minimum Gasteiger partial charge on any atom is -0.354 e. The molecular weight excluding hydrogens is 557 g/mol. The van der Waals surface area contributed by atoms with E-state index < -0.39 is 28.5 Å². The molecule has 0 saturated carbocycles. The number of benzene rings is 3. The molecule has 7 nitrogen and oxygen atoms in total. The van der Waals surface area contributed by atoms with Crippen molar-refractivity contribution < 1.29 is 18.0 Å². The molecule has 0 aliphatic rings. The first-order valence-corrected chi connectivity index (χ1v) is 15.3. The molecule has 0 aliphatic heterocycles. The van der Waals surface area contributed by atoms with Crippen molar-refractivity contribution in [3.8, 4) is 0 Å². The summed E-state index contributed by atoms with van der Waals surface area (Å²) in [6, 6.07) is 21.8. The summed E-state index contributed by atoms with van der Waals surface area (Å²) in [5.74, 6) is -0.863. The van der Waals surface area contributed by atoms with Gasteiger partial charge in [0.05, 0.1) is 11.9 Å². The van der Waals surface area contributed by atoms with E-state index in [9.17, 15) is 18.0 Å². The Morgan fingerprint density at radius 1 is 0.949 bits per heavy atom. The Balaban J connectivity index is 2.04. The summed E-state index contributed by atoms with van der Waals surface area (Å²) in [6.07, 6.45) is 2.97. The van der Waals surface area contributed by atoms with Gasteiger partial charge in [-0.1, -0.05) is 91.1 Å². The van der Waals surface area contributed by atoms with Crippen LogP contribution in [0.25, 0.3) is 0 Å². The fraction of sp³-hybridized carbons (Fsp3) is 0.310. The van der Waals surface area contributed by atoms with E-state index in [4.69, 9.17) is 23.2 Å². The zero-order chi connectivity index (χ0) is 28.4. The number of carbonyl (C=O) groups excluding carboxylic acids is 2. The molecule has 0 aromatic heterocycles. The van der Waals surface area contributed by atoms with Gasteiger partial charge >= 0.3 is 0 Å². The normalized spacial score (nSPS) is 12.0. The molecule has 208 valence electrons. The number of halogens is 2. The topological polar surface area (TPSA) is 86.8 Å². The van der Waals surface area contributed by atoms with Crippen molar-refractivity contribution in [2.75, 3.05) is 23.7 Å². The monoisotopic (exact) mass is 589 g/mol. The van der Waals surface area contributed by atoms with E-state index in [1.165, 1.54) is 4.90 Å². The smallest absolute Gasteiger partial charge is 0.244 e. The molecule has 39 heavy (non-hydrogen) atoms. The first kappa shape index (κ1) is 30.5. The lowest BCUT2D eigenvalue weighted by Crippen LogP contribution is -2.53. The predicted octanol–water partition coefficient (Wildman–Crippen LogP) is 5.32. The van der Waals surface area contributed by atoms with E-state index in [-0.39, 0.29) is 18.9 Å². The van der Waals surface area contributed by atoms with E-state index in [1.807, 2.05) is 37.3 Å². The van der Waals surface area contributed by atoms with E-state index >= 15 is 0 Å². The van der Waals surface area contributed by atoms with Crippen LogP contribution >= 0.6 is 23.2 Å². The van der Waals surface area contributed by atoms with Gasteiger partial charge in [0.1, 0.15) is 12.6 Å². The van der Waals surface area contributed by atoms with Crippen molar-refractivity contribution in [1.82, 2.24) is 10.2 Å². The first-order chi connectivity index (χ1) is 18.6. The lowest BCUT2D eigenvalue weighted by Gasteiger charge is -2.33. The number of nitrogens with zero attached hydrogens (tertiary/aromatic N) is 2. The molecule has 3 aromatic carbocycles. The van der Waals surface area contributed by atoms with E-state index in [0.717, 1.165) is 29.0 Å². The highest BCUT2D eigenvalue weighted by molar-refractivity contribution is 7.92. The number of anilines is 1. The summed E-state index contributed by atoms with van der Waals surface area (Å²) in [7, 11) is -3.81. The second-order valence-electron chi connectivity index (χ2n) is 9.21.